The Morgan fingerprint density at radius 3 is 2.61 bits per heavy atom. The maximum absolute atomic E-state index is 12.6. The number of aromatic nitrogens is 3. The van der Waals surface area contributed by atoms with Crippen molar-refractivity contribution in [2.24, 2.45) is 11.3 Å². The zero-order valence-corrected chi connectivity index (χ0v) is 17.5. The number of rotatable bonds is 3. The molecule has 1 unspecified atom stereocenters. The largest absolute Gasteiger partial charge is 0.326 e. The summed E-state index contributed by atoms with van der Waals surface area (Å²) in [5.41, 5.74) is 2.20. The molecular weight excluding hydrogens is 397 g/mol. The third kappa shape index (κ3) is 3.78. The van der Waals surface area contributed by atoms with Gasteiger partial charge in [-0.15, -0.1) is 35.0 Å². The summed E-state index contributed by atoms with van der Waals surface area (Å²) in [7, 11) is 0. The lowest BCUT2D eigenvalue weighted by molar-refractivity contribution is -0.118. The second kappa shape index (κ2) is 8.39. The fourth-order valence-electron chi connectivity index (χ4n) is 4.65. The van der Waals surface area contributed by atoms with Crippen LogP contribution in [0.2, 0.25) is 0 Å². The Bertz CT molecular complexity index is 830. The van der Waals surface area contributed by atoms with E-state index in [1.807, 2.05) is 24.3 Å². The Kier molecular flexibility index (Phi) is 6.32. The van der Waals surface area contributed by atoms with Crippen LogP contribution in [-0.4, -0.2) is 33.8 Å². The zero-order valence-electron chi connectivity index (χ0n) is 15.8. The van der Waals surface area contributed by atoms with Crippen molar-refractivity contribution < 1.29 is 4.79 Å². The summed E-state index contributed by atoms with van der Waals surface area (Å²) in [6.07, 6.45) is 6.70. The first-order chi connectivity index (χ1) is 12.8. The number of amides is 1. The molecule has 1 spiro atoms. The van der Waals surface area contributed by atoms with Gasteiger partial charge in [0.1, 0.15) is 5.82 Å². The van der Waals surface area contributed by atoms with Crippen LogP contribution in [-0.2, 0) is 17.8 Å². The van der Waals surface area contributed by atoms with Gasteiger partial charge in [-0.2, -0.15) is 0 Å². The quantitative estimate of drug-likeness (QED) is 0.792. The Labute approximate surface area is 177 Å². The maximum Gasteiger partial charge on any atom is 0.228 e. The predicted molar refractivity (Wildman–Crippen MR) is 114 cm³/mol. The fraction of sp³-hybridized carbons (Fsp3) is 0.550. The molecule has 28 heavy (non-hydrogen) atoms. The van der Waals surface area contributed by atoms with Crippen molar-refractivity contribution in [2.45, 2.75) is 45.1 Å². The van der Waals surface area contributed by atoms with Gasteiger partial charge in [-0.25, -0.2) is 0 Å². The number of nitrogens with one attached hydrogen (secondary N) is 2. The lowest BCUT2D eigenvalue weighted by Gasteiger charge is -2.23. The van der Waals surface area contributed by atoms with Crippen LogP contribution in [0.4, 0.5) is 5.69 Å². The van der Waals surface area contributed by atoms with Gasteiger partial charge in [0.25, 0.3) is 0 Å². The average molecular weight is 424 g/mol. The summed E-state index contributed by atoms with van der Waals surface area (Å²) in [6.45, 7) is 3.08. The third-order valence-electron chi connectivity index (χ3n) is 6.38. The minimum Gasteiger partial charge on any atom is -0.326 e. The number of fused-ring (bicyclic) bond motifs is 1. The Balaban J connectivity index is 0.00000112. The Morgan fingerprint density at radius 2 is 1.86 bits per heavy atom. The van der Waals surface area contributed by atoms with E-state index in [1.165, 1.54) is 12.8 Å². The van der Waals surface area contributed by atoms with Crippen LogP contribution in [0, 0.1) is 11.3 Å². The van der Waals surface area contributed by atoms with Crippen molar-refractivity contribution in [3.8, 4) is 11.4 Å². The molecule has 0 radical (unpaired) electrons. The smallest absolute Gasteiger partial charge is 0.228 e. The molecule has 8 heteroatoms. The SMILES string of the molecule is Cl.Cl.O=C(Nc1ccc(-c2nnc3n2CCCC3)cc1)C1CC12CCNCC2. The molecule has 1 amide bonds. The minimum absolute atomic E-state index is 0. The molecule has 1 aromatic carbocycles. The van der Waals surface area contributed by atoms with E-state index in [4.69, 9.17) is 0 Å². The minimum atomic E-state index is 0. The van der Waals surface area contributed by atoms with Gasteiger partial charge >= 0.3 is 0 Å². The first kappa shape index (κ1) is 21.1. The van der Waals surface area contributed by atoms with Crippen molar-refractivity contribution in [1.29, 1.82) is 0 Å². The maximum atomic E-state index is 12.6. The lowest BCUT2D eigenvalue weighted by atomic mass is 9.92. The van der Waals surface area contributed by atoms with Crippen LogP contribution >= 0.6 is 24.8 Å². The van der Waals surface area contributed by atoms with E-state index in [0.29, 0.717) is 0 Å². The molecule has 1 saturated heterocycles. The van der Waals surface area contributed by atoms with Gasteiger partial charge < -0.3 is 15.2 Å². The van der Waals surface area contributed by atoms with E-state index in [1.54, 1.807) is 0 Å². The first-order valence-corrected chi connectivity index (χ1v) is 9.79. The number of nitrogens with zero attached hydrogens (tertiary/aromatic N) is 3. The fourth-order valence-corrected chi connectivity index (χ4v) is 4.65. The molecule has 1 saturated carbocycles. The molecule has 3 heterocycles. The molecule has 2 aromatic rings. The molecule has 6 nitrogen and oxygen atoms in total. The summed E-state index contributed by atoms with van der Waals surface area (Å²) < 4.78 is 2.22. The van der Waals surface area contributed by atoms with Crippen LogP contribution in [0.15, 0.2) is 24.3 Å². The predicted octanol–water partition coefficient (Wildman–Crippen LogP) is 3.45. The molecule has 2 aliphatic heterocycles. The number of hydrogen-bond acceptors (Lipinski definition) is 4. The number of hydrogen-bond donors (Lipinski definition) is 2. The summed E-state index contributed by atoms with van der Waals surface area (Å²) in [5, 5.41) is 15.2. The first-order valence-electron chi connectivity index (χ1n) is 9.79. The second-order valence-electron chi connectivity index (χ2n) is 7.98. The van der Waals surface area contributed by atoms with Gasteiger partial charge in [-0.1, -0.05) is 0 Å². The number of benzene rings is 1. The molecule has 2 fully saturated rings. The van der Waals surface area contributed by atoms with Crippen LogP contribution in [0.25, 0.3) is 11.4 Å². The highest BCUT2D eigenvalue weighted by Gasteiger charge is 2.57. The van der Waals surface area contributed by atoms with E-state index >= 15 is 0 Å². The van der Waals surface area contributed by atoms with Gasteiger partial charge in [-0.3, -0.25) is 4.79 Å². The van der Waals surface area contributed by atoms with E-state index in [2.05, 4.69) is 25.4 Å². The molecule has 2 N–H and O–H groups in total. The van der Waals surface area contributed by atoms with Crippen molar-refractivity contribution in [1.82, 2.24) is 20.1 Å². The molecule has 152 valence electrons. The molecule has 1 aliphatic carbocycles. The normalized spacial score (nSPS) is 21.8. The summed E-state index contributed by atoms with van der Waals surface area (Å²) in [6, 6.07) is 8.04. The van der Waals surface area contributed by atoms with E-state index in [-0.39, 0.29) is 42.1 Å². The standard InChI is InChI=1S/C20H25N5O.2ClH/c26-19(16-13-20(16)8-10-21-11-9-20)22-15-6-4-14(5-7-15)18-24-23-17-3-1-2-12-25(17)18;;/h4-7,16,21H,1-3,8-13H2,(H,22,26);2*1H. The highest BCUT2D eigenvalue weighted by Crippen LogP contribution is 2.58. The van der Waals surface area contributed by atoms with E-state index < -0.39 is 0 Å². The van der Waals surface area contributed by atoms with Crippen molar-refractivity contribution in [2.75, 3.05) is 18.4 Å². The number of anilines is 1. The number of aryl methyl sites for hydroxylation is 1. The molecular formula is C20H27Cl2N5O. The van der Waals surface area contributed by atoms with Gasteiger partial charge in [0, 0.05) is 30.1 Å². The Hall–Kier alpha value is -1.63. The van der Waals surface area contributed by atoms with Crippen molar-refractivity contribution in [3.05, 3.63) is 30.1 Å². The number of carbonyl (C=O) groups is 1. The van der Waals surface area contributed by atoms with Crippen molar-refractivity contribution >= 4 is 36.4 Å². The van der Waals surface area contributed by atoms with Crippen LogP contribution < -0.4 is 10.6 Å². The lowest BCUT2D eigenvalue weighted by Crippen LogP contribution is -2.31. The van der Waals surface area contributed by atoms with E-state index in [0.717, 1.165) is 68.2 Å². The summed E-state index contributed by atoms with van der Waals surface area (Å²) in [4.78, 5) is 12.6. The molecule has 3 aliphatic rings. The van der Waals surface area contributed by atoms with Crippen LogP contribution in [0.5, 0.6) is 0 Å². The highest BCUT2D eigenvalue weighted by molar-refractivity contribution is 5.95. The van der Waals surface area contributed by atoms with Gasteiger partial charge in [0.2, 0.25) is 5.91 Å². The second-order valence-corrected chi connectivity index (χ2v) is 7.98. The van der Waals surface area contributed by atoms with E-state index in [9.17, 15) is 4.79 Å². The zero-order chi connectivity index (χ0) is 17.6. The van der Waals surface area contributed by atoms with Crippen molar-refractivity contribution in [3.63, 3.8) is 0 Å². The van der Waals surface area contributed by atoms with Gasteiger partial charge in [0.05, 0.1) is 0 Å². The number of carbonyl (C=O) groups excluding carboxylic acids is 1. The summed E-state index contributed by atoms with van der Waals surface area (Å²) in [5.74, 6) is 2.39. The average Bonchev–Trinajstić information content (AvgIpc) is 3.20. The Morgan fingerprint density at radius 1 is 1.11 bits per heavy atom. The van der Waals surface area contributed by atoms with Gasteiger partial charge in [-0.05, 0) is 74.9 Å². The monoisotopic (exact) mass is 423 g/mol. The summed E-state index contributed by atoms with van der Waals surface area (Å²) >= 11 is 0. The van der Waals surface area contributed by atoms with Gasteiger partial charge in [0.15, 0.2) is 5.82 Å². The molecule has 0 bridgehead atoms. The topological polar surface area (TPSA) is 71.8 Å². The molecule has 5 rings (SSSR count). The van der Waals surface area contributed by atoms with Crippen LogP contribution in [0.3, 0.4) is 0 Å². The van der Waals surface area contributed by atoms with Crippen LogP contribution in [0.1, 0.15) is 37.9 Å². The number of halogens is 2. The number of piperidine rings is 1. The molecule has 1 atom stereocenters. The molecule has 1 aromatic heterocycles. The third-order valence-corrected chi connectivity index (χ3v) is 6.38. The highest BCUT2D eigenvalue weighted by atomic mass is 35.5.